The Morgan fingerprint density at radius 1 is 1.24 bits per heavy atom. The van der Waals surface area contributed by atoms with Crippen molar-refractivity contribution in [3.63, 3.8) is 0 Å². The number of carbonyl (C=O) groups excluding carboxylic acids is 1. The Morgan fingerprint density at radius 2 is 1.97 bits per heavy atom. The van der Waals surface area contributed by atoms with E-state index in [1.54, 1.807) is 0 Å². The standard InChI is InChI=1S/C17H14FN5O5.K/c18-10-5-11(14(24)22-9-3-1-8(2-4-9)17(26)27)28-16(10)23-7-21-12-13(23)19-6-20-15(12)25;/h1-4,6-7,10-11,16H,5H2,(H,22,24)(H,26,27)(H,19,20,25);/q;+1/p-1/t10-,11-,16+;/m0./s1. The summed E-state index contributed by atoms with van der Waals surface area (Å²) in [5, 5.41) is 23.1. The minimum absolute atomic E-state index is 0. The summed E-state index contributed by atoms with van der Waals surface area (Å²) in [5.74, 6) is -2.24. The summed E-state index contributed by atoms with van der Waals surface area (Å²) in [4.78, 5) is 34.6. The van der Waals surface area contributed by atoms with Crippen molar-refractivity contribution in [3.8, 4) is 5.88 Å². The van der Waals surface area contributed by atoms with Crippen molar-refractivity contribution in [3.05, 3.63) is 42.5 Å². The first kappa shape index (κ1) is 21.7. The molecule has 10 nitrogen and oxygen atoms in total. The molecule has 1 aliphatic heterocycles. The predicted molar refractivity (Wildman–Crippen MR) is 90.2 cm³/mol. The number of anilines is 1. The molecule has 12 heteroatoms. The van der Waals surface area contributed by atoms with Crippen LogP contribution in [-0.2, 0) is 9.53 Å². The molecular weight excluding hydrogens is 412 g/mol. The number of alkyl halides is 1. The molecule has 0 unspecified atom stereocenters. The second-order valence-corrected chi connectivity index (χ2v) is 6.14. The quantitative estimate of drug-likeness (QED) is 0.451. The molecule has 0 aliphatic carbocycles. The molecule has 0 spiro atoms. The molecular formula is C17H13FKN5O5. The van der Waals surface area contributed by atoms with Gasteiger partial charge in [0.25, 0.3) is 5.91 Å². The van der Waals surface area contributed by atoms with Crippen LogP contribution in [0.5, 0.6) is 5.88 Å². The maximum Gasteiger partial charge on any atom is 1.00 e. The third-order valence-electron chi connectivity index (χ3n) is 4.34. The maximum absolute atomic E-state index is 14.5. The minimum Gasteiger partial charge on any atom is -0.857 e. The van der Waals surface area contributed by atoms with Gasteiger partial charge in [-0.15, -0.1) is 0 Å². The van der Waals surface area contributed by atoms with Gasteiger partial charge in [-0.2, -0.15) is 0 Å². The zero-order valence-corrected chi connectivity index (χ0v) is 18.3. The number of carboxylic acid groups (broad SMARTS) is 1. The zero-order chi connectivity index (χ0) is 19.8. The summed E-state index contributed by atoms with van der Waals surface area (Å²) in [6, 6.07) is 5.53. The molecule has 144 valence electrons. The van der Waals surface area contributed by atoms with E-state index >= 15 is 0 Å². The van der Waals surface area contributed by atoms with Gasteiger partial charge in [-0.3, -0.25) is 14.3 Å². The Balaban J connectivity index is 0.00000240. The van der Waals surface area contributed by atoms with E-state index in [1.165, 1.54) is 35.2 Å². The van der Waals surface area contributed by atoms with E-state index in [0.29, 0.717) is 5.69 Å². The molecule has 3 atom stereocenters. The van der Waals surface area contributed by atoms with Crippen LogP contribution < -0.4 is 61.8 Å². The number of fused-ring (bicyclic) bond motifs is 1. The van der Waals surface area contributed by atoms with Crippen molar-refractivity contribution < 1.29 is 80.3 Å². The number of benzene rings is 1. The average molecular weight is 425 g/mol. The van der Waals surface area contributed by atoms with Crippen molar-refractivity contribution in [1.29, 1.82) is 0 Å². The van der Waals surface area contributed by atoms with Gasteiger partial charge in [0, 0.05) is 18.0 Å². The van der Waals surface area contributed by atoms with Gasteiger partial charge in [-0.05, 0) is 24.3 Å². The van der Waals surface area contributed by atoms with Crippen molar-refractivity contribution in [2.45, 2.75) is 24.9 Å². The van der Waals surface area contributed by atoms with E-state index in [-0.39, 0.29) is 74.5 Å². The Bertz CT molecular complexity index is 1060. The largest absolute Gasteiger partial charge is 1.00 e. The predicted octanol–water partition coefficient (Wildman–Crippen LogP) is -2.13. The van der Waals surface area contributed by atoms with Gasteiger partial charge in [0.05, 0.1) is 11.9 Å². The number of imidazole rings is 1. The average Bonchev–Trinajstić information content (AvgIpc) is 3.26. The van der Waals surface area contributed by atoms with Crippen LogP contribution in [0.4, 0.5) is 10.1 Å². The normalized spacial score (nSPS) is 20.9. The molecule has 1 aliphatic rings. The molecule has 1 aromatic carbocycles. The molecule has 0 saturated carbocycles. The summed E-state index contributed by atoms with van der Waals surface area (Å²) in [5.41, 5.74) is 0.544. The molecule has 4 rings (SSSR count). The molecule has 3 heterocycles. The number of rotatable bonds is 4. The Labute approximate surface area is 205 Å². The summed E-state index contributed by atoms with van der Waals surface area (Å²) < 4.78 is 21.3. The summed E-state index contributed by atoms with van der Waals surface area (Å²) >= 11 is 0. The second kappa shape index (κ2) is 8.81. The van der Waals surface area contributed by atoms with E-state index in [4.69, 9.17) is 9.84 Å². The van der Waals surface area contributed by atoms with Crippen LogP contribution in [0.1, 0.15) is 23.0 Å². The van der Waals surface area contributed by atoms with Gasteiger partial charge in [0.2, 0.25) is 0 Å². The number of amides is 1. The Kier molecular flexibility index (Phi) is 6.61. The van der Waals surface area contributed by atoms with E-state index in [0.717, 1.165) is 6.33 Å². The fourth-order valence-corrected chi connectivity index (χ4v) is 2.97. The third kappa shape index (κ3) is 4.32. The molecule has 29 heavy (non-hydrogen) atoms. The number of aromatic carboxylic acids is 1. The van der Waals surface area contributed by atoms with Gasteiger partial charge in [-0.25, -0.2) is 19.2 Å². The summed E-state index contributed by atoms with van der Waals surface area (Å²) in [7, 11) is 0. The van der Waals surface area contributed by atoms with Crippen LogP contribution in [-0.4, -0.2) is 48.8 Å². The topological polar surface area (TPSA) is 142 Å². The van der Waals surface area contributed by atoms with Crippen LogP contribution >= 0.6 is 0 Å². The first-order valence-corrected chi connectivity index (χ1v) is 8.22. The number of aromatic nitrogens is 4. The smallest absolute Gasteiger partial charge is 0.857 e. The number of halogens is 1. The Morgan fingerprint density at radius 3 is 2.66 bits per heavy atom. The van der Waals surface area contributed by atoms with E-state index in [1.807, 2.05) is 0 Å². The minimum atomic E-state index is -1.52. The van der Waals surface area contributed by atoms with Gasteiger partial charge in [0.15, 0.2) is 11.9 Å². The number of nitrogens with one attached hydrogen (secondary N) is 1. The second-order valence-electron chi connectivity index (χ2n) is 6.14. The fourth-order valence-electron chi connectivity index (χ4n) is 2.97. The third-order valence-corrected chi connectivity index (χ3v) is 4.34. The SMILES string of the molecule is O=C(O)c1ccc(NC(=O)[C@@H]2C[C@H](F)[C@H](n3cnc4c([O-])ncnc43)O2)cc1.[K+]. The van der Waals surface area contributed by atoms with Crippen molar-refractivity contribution in [2.75, 3.05) is 5.32 Å². The van der Waals surface area contributed by atoms with Gasteiger partial charge < -0.3 is 20.3 Å². The summed E-state index contributed by atoms with van der Waals surface area (Å²) in [6.07, 6.45) is -1.68. The molecule has 0 radical (unpaired) electrons. The van der Waals surface area contributed by atoms with Gasteiger partial charge >= 0.3 is 57.4 Å². The number of carbonyl (C=O) groups is 2. The first-order chi connectivity index (χ1) is 13.4. The number of hydrogen-bond acceptors (Lipinski definition) is 7. The molecule has 3 aromatic rings. The molecule has 1 fully saturated rings. The van der Waals surface area contributed by atoms with Crippen LogP contribution in [0.2, 0.25) is 0 Å². The Hall–Kier alpha value is -1.96. The molecule has 2 aromatic heterocycles. The molecule has 2 N–H and O–H groups in total. The fraction of sp³-hybridized carbons (Fsp3) is 0.235. The molecule has 1 amide bonds. The van der Waals surface area contributed by atoms with E-state index < -0.39 is 36.3 Å². The number of carboxylic acids is 1. The first-order valence-electron chi connectivity index (χ1n) is 8.22. The van der Waals surface area contributed by atoms with E-state index in [2.05, 4.69) is 20.3 Å². The monoisotopic (exact) mass is 425 g/mol. The number of hydrogen-bond donors (Lipinski definition) is 2. The van der Waals surface area contributed by atoms with Crippen molar-refractivity contribution in [2.24, 2.45) is 0 Å². The van der Waals surface area contributed by atoms with Crippen LogP contribution in [0.15, 0.2) is 36.9 Å². The van der Waals surface area contributed by atoms with Crippen molar-refractivity contribution in [1.82, 2.24) is 19.5 Å². The summed E-state index contributed by atoms with van der Waals surface area (Å²) in [6.45, 7) is 0. The molecule has 0 bridgehead atoms. The van der Waals surface area contributed by atoms with Crippen LogP contribution in [0.3, 0.4) is 0 Å². The number of nitrogens with zero attached hydrogens (tertiary/aromatic N) is 4. The van der Waals surface area contributed by atoms with Gasteiger partial charge in [0.1, 0.15) is 24.1 Å². The maximum atomic E-state index is 14.5. The van der Waals surface area contributed by atoms with Crippen LogP contribution in [0, 0.1) is 0 Å². The zero-order valence-electron chi connectivity index (χ0n) is 15.2. The van der Waals surface area contributed by atoms with Crippen LogP contribution in [0.25, 0.3) is 11.2 Å². The van der Waals surface area contributed by atoms with Crippen molar-refractivity contribution >= 4 is 28.7 Å². The number of ether oxygens (including phenoxy) is 1. The molecule has 1 saturated heterocycles. The van der Waals surface area contributed by atoms with Gasteiger partial charge in [-0.1, -0.05) is 0 Å². The van der Waals surface area contributed by atoms with E-state index in [9.17, 15) is 19.1 Å².